The van der Waals surface area contributed by atoms with Crippen molar-refractivity contribution in [3.05, 3.63) is 36.0 Å². The van der Waals surface area contributed by atoms with Crippen LogP contribution >= 0.6 is 0 Å². The number of pyridine rings is 1. The standard InChI is InChI=1S/C17H21N3O/c1-3-17(9-6-10-17)20-16(21)15-11-14(18-2)12-7-4-5-8-13(12)19-15/h4-5,7-8,11H,3,6,9-10H2,1-2H3,(H,18,19)(H,20,21). The summed E-state index contributed by atoms with van der Waals surface area (Å²) in [7, 11) is 1.86. The van der Waals surface area contributed by atoms with Gasteiger partial charge in [-0.1, -0.05) is 25.1 Å². The molecule has 1 heterocycles. The Morgan fingerprint density at radius 3 is 2.71 bits per heavy atom. The number of anilines is 1. The van der Waals surface area contributed by atoms with E-state index >= 15 is 0 Å². The molecular weight excluding hydrogens is 262 g/mol. The second-order valence-electron chi connectivity index (χ2n) is 5.76. The van der Waals surface area contributed by atoms with Crippen LogP contribution in [0.1, 0.15) is 43.1 Å². The van der Waals surface area contributed by atoms with Crippen LogP contribution in [-0.2, 0) is 0 Å². The van der Waals surface area contributed by atoms with Crippen molar-refractivity contribution in [2.75, 3.05) is 12.4 Å². The molecule has 0 spiro atoms. The summed E-state index contributed by atoms with van der Waals surface area (Å²) in [6.45, 7) is 2.13. The first kappa shape index (κ1) is 13.9. The average Bonchev–Trinajstić information content (AvgIpc) is 2.49. The van der Waals surface area contributed by atoms with E-state index in [-0.39, 0.29) is 11.4 Å². The number of benzene rings is 1. The maximum atomic E-state index is 12.5. The second-order valence-corrected chi connectivity index (χ2v) is 5.76. The van der Waals surface area contributed by atoms with Crippen molar-refractivity contribution < 1.29 is 4.79 Å². The van der Waals surface area contributed by atoms with Crippen molar-refractivity contribution >= 4 is 22.5 Å². The number of hydrogen-bond donors (Lipinski definition) is 2. The molecule has 1 fully saturated rings. The zero-order chi connectivity index (χ0) is 14.9. The average molecular weight is 283 g/mol. The van der Waals surface area contributed by atoms with E-state index in [9.17, 15) is 4.79 Å². The zero-order valence-electron chi connectivity index (χ0n) is 12.6. The smallest absolute Gasteiger partial charge is 0.270 e. The molecule has 21 heavy (non-hydrogen) atoms. The summed E-state index contributed by atoms with van der Waals surface area (Å²) in [4.78, 5) is 17.0. The maximum absolute atomic E-state index is 12.5. The van der Waals surface area contributed by atoms with Crippen molar-refractivity contribution in [1.29, 1.82) is 0 Å². The van der Waals surface area contributed by atoms with E-state index in [0.29, 0.717) is 5.69 Å². The molecule has 1 aliphatic carbocycles. The molecule has 1 aliphatic rings. The van der Waals surface area contributed by atoms with Crippen LogP contribution in [0.2, 0.25) is 0 Å². The number of carbonyl (C=O) groups excluding carboxylic acids is 1. The largest absolute Gasteiger partial charge is 0.388 e. The number of rotatable bonds is 4. The molecule has 3 rings (SSSR count). The molecule has 1 aromatic heterocycles. The van der Waals surface area contributed by atoms with E-state index in [4.69, 9.17) is 0 Å². The normalized spacial score (nSPS) is 16.3. The Morgan fingerprint density at radius 1 is 1.33 bits per heavy atom. The Labute approximate surface area is 125 Å². The highest BCUT2D eigenvalue weighted by Gasteiger charge is 2.36. The van der Waals surface area contributed by atoms with Crippen LogP contribution in [0.25, 0.3) is 10.9 Å². The van der Waals surface area contributed by atoms with Crippen LogP contribution in [0.5, 0.6) is 0 Å². The van der Waals surface area contributed by atoms with E-state index in [1.165, 1.54) is 6.42 Å². The molecule has 0 atom stereocenters. The van der Waals surface area contributed by atoms with E-state index in [2.05, 4.69) is 22.5 Å². The van der Waals surface area contributed by atoms with Gasteiger partial charge in [-0.15, -0.1) is 0 Å². The lowest BCUT2D eigenvalue weighted by molar-refractivity contribution is 0.0815. The van der Waals surface area contributed by atoms with Gasteiger partial charge in [0.25, 0.3) is 5.91 Å². The minimum atomic E-state index is -0.0706. The Morgan fingerprint density at radius 2 is 2.10 bits per heavy atom. The van der Waals surface area contributed by atoms with Crippen LogP contribution in [-0.4, -0.2) is 23.5 Å². The van der Waals surface area contributed by atoms with Gasteiger partial charge in [-0.05, 0) is 37.8 Å². The minimum absolute atomic E-state index is 0.00971. The van der Waals surface area contributed by atoms with Gasteiger partial charge in [-0.25, -0.2) is 4.98 Å². The number of amides is 1. The third kappa shape index (κ3) is 2.46. The van der Waals surface area contributed by atoms with E-state index in [0.717, 1.165) is 35.9 Å². The van der Waals surface area contributed by atoms with E-state index in [1.807, 2.05) is 37.4 Å². The van der Waals surface area contributed by atoms with Gasteiger partial charge in [0.15, 0.2) is 0 Å². The number of hydrogen-bond acceptors (Lipinski definition) is 3. The van der Waals surface area contributed by atoms with Crippen LogP contribution in [0.4, 0.5) is 5.69 Å². The Kier molecular flexibility index (Phi) is 3.53. The number of nitrogens with zero attached hydrogens (tertiary/aromatic N) is 1. The van der Waals surface area contributed by atoms with Crippen molar-refractivity contribution in [2.24, 2.45) is 0 Å². The molecule has 0 bridgehead atoms. The number of para-hydroxylation sites is 1. The summed E-state index contributed by atoms with van der Waals surface area (Å²) >= 11 is 0. The quantitative estimate of drug-likeness (QED) is 0.905. The van der Waals surface area contributed by atoms with Gasteiger partial charge in [-0.2, -0.15) is 0 Å². The number of aromatic nitrogens is 1. The highest BCUT2D eigenvalue weighted by Crippen LogP contribution is 2.35. The van der Waals surface area contributed by atoms with Crippen molar-refractivity contribution in [3.63, 3.8) is 0 Å². The van der Waals surface area contributed by atoms with Crippen LogP contribution < -0.4 is 10.6 Å². The lowest BCUT2D eigenvalue weighted by Gasteiger charge is -2.41. The molecule has 2 N–H and O–H groups in total. The van der Waals surface area contributed by atoms with Crippen molar-refractivity contribution in [3.8, 4) is 0 Å². The summed E-state index contributed by atoms with van der Waals surface area (Å²) in [5.41, 5.74) is 2.25. The molecule has 1 saturated carbocycles. The molecule has 110 valence electrons. The van der Waals surface area contributed by atoms with Crippen molar-refractivity contribution in [1.82, 2.24) is 10.3 Å². The molecule has 1 amide bonds. The number of nitrogens with one attached hydrogen (secondary N) is 2. The Hall–Kier alpha value is -2.10. The lowest BCUT2D eigenvalue weighted by atomic mass is 9.75. The third-order valence-electron chi connectivity index (χ3n) is 4.58. The molecule has 0 unspecified atom stereocenters. The first-order valence-electron chi connectivity index (χ1n) is 7.57. The summed E-state index contributed by atoms with van der Waals surface area (Å²) in [6.07, 6.45) is 4.32. The van der Waals surface area contributed by atoms with Gasteiger partial charge in [0.05, 0.1) is 5.52 Å². The molecule has 0 aliphatic heterocycles. The first-order chi connectivity index (χ1) is 10.2. The highest BCUT2D eigenvalue weighted by molar-refractivity contribution is 6.00. The maximum Gasteiger partial charge on any atom is 0.270 e. The van der Waals surface area contributed by atoms with Gasteiger partial charge in [0, 0.05) is 23.7 Å². The predicted octanol–water partition coefficient (Wildman–Crippen LogP) is 3.34. The number of fused-ring (bicyclic) bond motifs is 1. The number of carbonyl (C=O) groups is 1. The first-order valence-corrected chi connectivity index (χ1v) is 7.57. The molecule has 0 saturated heterocycles. The Balaban J connectivity index is 1.94. The van der Waals surface area contributed by atoms with Crippen LogP contribution in [0.15, 0.2) is 30.3 Å². The topological polar surface area (TPSA) is 54.0 Å². The minimum Gasteiger partial charge on any atom is -0.388 e. The SMILES string of the molecule is CCC1(NC(=O)c2cc(NC)c3ccccc3n2)CCC1. The second kappa shape index (κ2) is 5.35. The molecule has 1 aromatic carbocycles. The van der Waals surface area contributed by atoms with Gasteiger partial charge >= 0.3 is 0 Å². The summed E-state index contributed by atoms with van der Waals surface area (Å²) in [5.74, 6) is -0.0706. The van der Waals surface area contributed by atoms with E-state index in [1.54, 1.807) is 0 Å². The molecule has 2 aromatic rings. The molecular formula is C17H21N3O. The summed E-state index contributed by atoms with van der Waals surface area (Å²) < 4.78 is 0. The molecule has 4 heteroatoms. The van der Waals surface area contributed by atoms with Crippen LogP contribution in [0.3, 0.4) is 0 Å². The van der Waals surface area contributed by atoms with E-state index < -0.39 is 0 Å². The van der Waals surface area contributed by atoms with Crippen molar-refractivity contribution in [2.45, 2.75) is 38.1 Å². The third-order valence-corrected chi connectivity index (χ3v) is 4.58. The van der Waals surface area contributed by atoms with Gasteiger partial charge < -0.3 is 10.6 Å². The highest BCUT2D eigenvalue weighted by atomic mass is 16.2. The monoisotopic (exact) mass is 283 g/mol. The fourth-order valence-electron chi connectivity index (χ4n) is 2.97. The summed E-state index contributed by atoms with van der Waals surface area (Å²) in [6, 6.07) is 9.70. The lowest BCUT2D eigenvalue weighted by Crippen LogP contribution is -2.53. The predicted molar refractivity (Wildman–Crippen MR) is 85.6 cm³/mol. The Bertz CT molecular complexity index is 671. The summed E-state index contributed by atoms with van der Waals surface area (Å²) in [5, 5.41) is 7.37. The van der Waals surface area contributed by atoms with Gasteiger partial charge in [0.1, 0.15) is 5.69 Å². The van der Waals surface area contributed by atoms with Gasteiger partial charge in [-0.3, -0.25) is 4.79 Å². The van der Waals surface area contributed by atoms with Crippen LogP contribution in [0, 0.1) is 0 Å². The van der Waals surface area contributed by atoms with Gasteiger partial charge in [0.2, 0.25) is 0 Å². The fraction of sp³-hybridized carbons (Fsp3) is 0.412. The molecule has 4 nitrogen and oxygen atoms in total. The zero-order valence-corrected chi connectivity index (χ0v) is 12.6. The fourth-order valence-corrected chi connectivity index (χ4v) is 2.97. The molecule has 0 radical (unpaired) electrons.